The molecule has 0 amide bonds. The smallest absolute Gasteiger partial charge is 0.121 e. The van der Waals surface area contributed by atoms with E-state index in [9.17, 15) is 10.2 Å². The van der Waals surface area contributed by atoms with Crippen molar-refractivity contribution < 1.29 is 29.8 Å². The molecule has 6 nitrogen and oxygen atoms in total. The molecule has 51 heavy (non-hydrogen) atoms. The minimum Gasteiger partial charge on any atom is -0.388 e. The summed E-state index contributed by atoms with van der Waals surface area (Å²) in [4.78, 5) is 25.3. The molecule has 6 heteroatoms. The predicted octanol–water partition coefficient (Wildman–Crippen LogP) is 10.5. The highest BCUT2D eigenvalue weighted by Crippen LogP contribution is 2.38. The van der Waals surface area contributed by atoms with Gasteiger partial charge in [-0.1, -0.05) is 182 Å². The average Bonchev–Trinajstić information content (AvgIpc) is 3.21. The highest BCUT2D eigenvalue weighted by atomic mass is 17.2. The van der Waals surface area contributed by atoms with E-state index in [1.54, 1.807) is 0 Å². The van der Waals surface area contributed by atoms with E-state index in [4.69, 9.17) is 19.6 Å². The van der Waals surface area contributed by atoms with Gasteiger partial charge in [-0.3, -0.25) is 0 Å². The van der Waals surface area contributed by atoms with Gasteiger partial charge in [-0.25, -0.2) is 19.6 Å². The first-order valence-electron chi connectivity index (χ1n) is 17.4. The molecular weight excluding hydrogens is 636 g/mol. The van der Waals surface area contributed by atoms with Gasteiger partial charge in [0.15, 0.2) is 0 Å². The molecule has 260 valence electrons. The van der Waals surface area contributed by atoms with Crippen LogP contribution in [0.5, 0.6) is 0 Å². The lowest BCUT2D eigenvalue weighted by Gasteiger charge is -2.28. The number of aliphatic hydroxyl groups is 2. The van der Waals surface area contributed by atoms with Crippen molar-refractivity contribution in [2.45, 2.75) is 55.9 Å². The molecule has 2 N–H and O–H groups in total. The van der Waals surface area contributed by atoms with E-state index in [1.807, 2.05) is 182 Å². The van der Waals surface area contributed by atoms with E-state index in [0.717, 1.165) is 33.4 Å². The maximum absolute atomic E-state index is 11.2. The van der Waals surface area contributed by atoms with E-state index in [-0.39, 0.29) is 0 Å². The molecule has 0 saturated heterocycles. The van der Waals surface area contributed by atoms with E-state index in [2.05, 4.69) is 0 Å². The summed E-state index contributed by atoms with van der Waals surface area (Å²) in [5.74, 6) is 0. The fourth-order valence-corrected chi connectivity index (χ4v) is 6.09. The molecule has 6 unspecified atom stereocenters. The Kier molecular flexibility index (Phi) is 13.3. The third-order valence-corrected chi connectivity index (χ3v) is 8.93. The number of hydrogen-bond donors (Lipinski definition) is 2. The minimum atomic E-state index is -0.759. The van der Waals surface area contributed by atoms with Crippen LogP contribution in [0.15, 0.2) is 182 Å². The fourth-order valence-electron chi connectivity index (χ4n) is 6.09. The van der Waals surface area contributed by atoms with Crippen molar-refractivity contribution >= 4 is 0 Å². The van der Waals surface area contributed by atoms with Gasteiger partial charge in [0.1, 0.15) is 24.4 Å². The van der Waals surface area contributed by atoms with E-state index < -0.39 is 36.6 Å². The largest absolute Gasteiger partial charge is 0.388 e. The molecule has 6 aromatic carbocycles. The third-order valence-electron chi connectivity index (χ3n) is 8.93. The maximum Gasteiger partial charge on any atom is 0.121 e. The van der Waals surface area contributed by atoms with Crippen LogP contribution < -0.4 is 0 Å². The molecule has 0 aliphatic heterocycles. The average molecular weight is 681 g/mol. The standard InChI is InChI=1S/C45H44O6/c46-40(34-19-7-1-8-20-34)31-42(36-23-11-3-12-24-36)48-50-44(38-27-15-5-16-28-38)33-45(39-29-17-6-18-30-39)51-49-43(37-25-13-4-14-26-37)32-41(47)35-21-9-2-10-22-35/h1-30,40-47H,31-33H2. The van der Waals surface area contributed by atoms with Crippen LogP contribution in [0.25, 0.3) is 0 Å². The van der Waals surface area contributed by atoms with Crippen molar-refractivity contribution in [2.75, 3.05) is 0 Å². The first-order valence-corrected chi connectivity index (χ1v) is 17.4. The van der Waals surface area contributed by atoms with E-state index >= 15 is 0 Å². The second-order valence-electron chi connectivity index (χ2n) is 12.5. The van der Waals surface area contributed by atoms with Crippen molar-refractivity contribution in [3.8, 4) is 0 Å². The summed E-state index contributed by atoms with van der Waals surface area (Å²) in [7, 11) is 0. The summed E-state index contributed by atoms with van der Waals surface area (Å²) in [5, 5.41) is 22.4. The molecule has 0 aliphatic carbocycles. The van der Waals surface area contributed by atoms with Crippen LogP contribution in [0.1, 0.15) is 89.3 Å². The van der Waals surface area contributed by atoms with Crippen LogP contribution in [-0.4, -0.2) is 10.2 Å². The van der Waals surface area contributed by atoms with Crippen molar-refractivity contribution in [3.05, 3.63) is 215 Å². The SMILES string of the molecule is OC(CC(OOC(CC(OOC(CC(O)c1ccccc1)c1ccccc1)c1ccccc1)c1ccccc1)c1ccccc1)c1ccccc1. The van der Waals surface area contributed by atoms with Crippen LogP contribution in [0.3, 0.4) is 0 Å². The fraction of sp³-hybridized carbons (Fsp3) is 0.200. The Balaban J connectivity index is 1.24. The van der Waals surface area contributed by atoms with Crippen LogP contribution in [0.4, 0.5) is 0 Å². The third kappa shape index (κ3) is 10.5. The Morgan fingerprint density at radius 2 is 0.471 bits per heavy atom. The first kappa shape index (κ1) is 35.9. The predicted molar refractivity (Wildman–Crippen MR) is 198 cm³/mol. The van der Waals surface area contributed by atoms with Crippen molar-refractivity contribution in [2.24, 2.45) is 0 Å². The first-order chi connectivity index (χ1) is 25.1. The van der Waals surface area contributed by atoms with Gasteiger partial charge >= 0.3 is 0 Å². The second kappa shape index (κ2) is 18.9. The van der Waals surface area contributed by atoms with Gasteiger partial charge in [-0.05, 0) is 33.4 Å². The number of aliphatic hydroxyl groups excluding tert-OH is 2. The zero-order chi connectivity index (χ0) is 35.1. The minimum absolute atomic E-state index is 0.291. The Morgan fingerprint density at radius 3 is 0.706 bits per heavy atom. The normalized spacial score (nSPS) is 14.9. The Hall–Kier alpha value is -4.92. The van der Waals surface area contributed by atoms with Gasteiger partial charge in [0.25, 0.3) is 0 Å². The topological polar surface area (TPSA) is 77.4 Å². The molecule has 0 aromatic heterocycles. The summed E-state index contributed by atoms with van der Waals surface area (Å²) in [5.41, 5.74) is 5.19. The van der Waals surface area contributed by atoms with Crippen LogP contribution in [0, 0.1) is 0 Å². The lowest BCUT2D eigenvalue weighted by molar-refractivity contribution is -0.387. The quantitative estimate of drug-likeness (QED) is 0.0695. The molecule has 0 heterocycles. The summed E-state index contributed by atoms with van der Waals surface area (Å²) in [6.07, 6.45) is -2.83. The Bertz CT molecular complexity index is 1670. The van der Waals surface area contributed by atoms with Gasteiger partial charge in [-0.2, -0.15) is 0 Å². The summed E-state index contributed by atoms with van der Waals surface area (Å²) < 4.78 is 0. The van der Waals surface area contributed by atoms with Crippen molar-refractivity contribution in [3.63, 3.8) is 0 Å². The molecule has 0 saturated carbocycles. The molecule has 6 rings (SSSR count). The molecule has 0 fully saturated rings. The van der Waals surface area contributed by atoms with Gasteiger partial charge < -0.3 is 10.2 Å². The molecule has 0 aliphatic rings. The number of benzene rings is 6. The summed E-state index contributed by atoms with van der Waals surface area (Å²) >= 11 is 0. The van der Waals surface area contributed by atoms with Crippen LogP contribution >= 0.6 is 0 Å². The van der Waals surface area contributed by atoms with Gasteiger partial charge in [0.2, 0.25) is 0 Å². The lowest BCUT2D eigenvalue weighted by atomic mass is 9.98. The molecule has 0 bridgehead atoms. The van der Waals surface area contributed by atoms with Gasteiger partial charge in [0.05, 0.1) is 12.2 Å². The zero-order valence-electron chi connectivity index (χ0n) is 28.4. The molecule has 0 spiro atoms. The van der Waals surface area contributed by atoms with Gasteiger partial charge in [0, 0.05) is 19.3 Å². The second-order valence-corrected chi connectivity index (χ2v) is 12.5. The monoisotopic (exact) mass is 680 g/mol. The molecular formula is C45H44O6. The van der Waals surface area contributed by atoms with Crippen LogP contribution in [0.2, 0.25) is 0 Å². The highest BCUT2D eigenvalue weighted by Gasteiger charge is 2.28. The lowest BCUT2D eigenvalue weighted by Crippen LogP contribution is -2.18. The van der Waals surface area contributed by atoms with Crippen molar-refractivity contribution in [1.29, 1.82) is 0 Å². The van der Waals surface area contributed by atoms with Crippen LogP contribution in [-0.2, 0) is 19.6 Å². The summed E-state index contributed by atoms with van der Waals surface area (Å²) in [6.45, 7) is 0. The van der Waals surface area contributed by atoms with E-state index in [0.29, 0.717) is 19.3 Å². The Labute approximate surface area is 300 Å². The highest BCUT2D eigenvalue weighted by molar-refractivity contribution is 5.24. The molecule has 6 atom stereocenters. The maximum atomic E-state index is 11.2. The van der Waals surface area contributed by atoms with Crippen molar-refractivity contribution in [1.82, 2.24) is 0 Å². The zero-order valence-corrected chi connectivity index (χ0v) is 28.4. The summed E-state index contributed by atoms with van der Waals surface area (Å²) in [6, 6.07) is 58.5. The number of rotatable bonds is 18. The Morgan fingerprint density at radius 1 is 0.275 bits per heavy atom. The molecule has 6 aromatic rings. The van der Waals surface area contributed by atoms with E-state index in [1.165, 1.54) is 0 Å². The molecule has 0 radical (unpaired) electrons. The van der Waals surface area contributed by atoms with Gasteiger partial charge in [-0.15, -0.1) is 0 Å². The number of hydrogen-bond acceptors (Lipinski definition) is 6.